The lowest BCUT2D eigenvalue weighted by atomic mass is 10.2. The lowest BCUT2D eigenvalue weighted by Crippen LogP contribution is -2.48. The SMILES string of the molecule is Cn1c(C(=O)N2CCN(Cc3ccc(OCC(F)(F)F)cc3)CC2)cc2ccc(Oc3ccc(NS(=O)(=O)c4cc(C(F)(F)F)ccc4Cl)cn3)cc21. The fourth-order valence-corrected chi connectivity index (χ4v) is 7.25. The third-order valence-corrected chi connectivity index (χ3v) is 10.2. The van der Waals surface area contributed by atoms with Crippen molar-refractivity contribution >= 4 is 44.1 Å². The monoisotopic (exact) mass is 781 g/mol. The van der Waals surface area contributed by atoms with Crippen LogP contribution in [0.15, 0.2) is 90.0 Å². The van der Waals surface area contributed by atoms with E-state index in [1.807, 2.05) is 0 Å². The Bertz CT molecular complexity index is 2220. The molecule has 1 aliphatic heterocycles. The van der Waals surface area contributed by atoms with Gasteiger partial charge in [0.15, 0.2) is 6.61 Å². The molecular weight excluding hydrogens is 752 g/mol. The van der Waals surface area contributed by atoms with E-state index in [0.29, 0.717) is 61.8 Å². The molecule has 6 rings (SSSR count). The van der Waals surface area contributed by atoms with Crippen molar-refractivity contribution in [2.45, 2.75) is 23.8 Å². The first-order valence-electron chi connectivity index (χ1n) is 15.9. The highest BCUT2D eigenvalue weighted by Gasteiger charge is 2.33. The van der Waals surface area contributed by atoms with Gasteiger partial charge in [0.2, 0.25) is 5.88 Å². The average molecular weight is 782 g/mol. The Morgan fingerprint density at radius 3 is 2.23 bits per heavy atom. The van der Waals surface area contributed by atoms with E-state index >= 15 is 0 Å². The predicted molar refractivity (Wildman–Crippen MR) is 184 cm³/mol. The molecule has 0 bridgehead atoms. The highest BCUT2D eigenvalue weighted by Crippen LogP contribution is 2.34. The van der Waals surface area contributed by atoms with E-state index in [0.717, 1.165) is 23.2 Å². The van der Waals surface area contributed by atoms with Crippen molar-refractivity contribution in [3.63, 3.8) is 0 Å². The standard InChI is InChI=1S/C35H30ClF6N5O5S/c1-45-29-18-27(52-32-11-6-25(19-43-32)44-53(49,50)31-17-24(35(40,41)42)5-10-28(31)36)9-4-23(29)16-30(45)33(48)47-14-12-46(13-15-47)20-22-2-7-26(8-3-22)51-21-34(37,38)39/h2-11,16-19,44H,12-15,20-21H2,1H3. The maximum Gasteiger partial charge on any atom is 0.422 e. The van der Waals surface area contributed by atoms with Gasteiger partial charge in [-0.1, -0.05) is 23.7 Å². The number of anilines is 1. The van der Waals surface area contributed by atoms with Crippen molar-refractivity contribution in [3.05, 3.63) is 107 Å². The maximum atomic E-state index is 13.5. The number of piperazine rings is 1. The molecule has 0 saturated carbocycles. The van der Waals surface area contributed by atoms with E-state index in [4.69, 9.17) is 21.1 Å². The molecule has 1 saturated heterocycles. The number of halogens is 7. The minimum atomic E-state index is -4.77. The van der Waals surface area contributed by atoms with Crippen molar-refractivity contribution in [2.24, 2.45) is 7.05 Å². The number of amides is 1. The molecule has 10 nitrogen and oxygen atoms in total. The van der Waals surface area contributed by atoms with Crippen molar-refractivity contribution in [1.82, 2.24) is 19.4 Å². The second-order valence-corrected chi connectivity index (χ2v) is 14.2. The van der Waals surface area contributed by atoms with Crippen molar-refractivity contribution in [2.75, 3.05) is 37.5 Å². The second-order valence-electron chi connectivity index (χ2n) is 12.2. The number of sulfonamides is 1. The van der Waals surface area contributed by atoms with Gasteiger partial charge in [-0.25, -0.2) is 13.4 Å². The van der Waals surface area contributed by atoms with E-state index in [-0.39, 0.29) is 28.2 Å². The first-order chi connectivity index (χ1) is 24.9. The van der Waals surface area contributed by atoms with E-state index in [1.165, 1.54) is 24.3 Å². The van der Waals surface area contributed by atoms with Crippen LogP contribution in [-0.4, -0.2) is 72.6 Å². The Hall–Kier alpha value is -5.00. The zero-order chi connectivity index (χ0) is 38.1. The minimum absolute atomic E-state index is 0.0419. The zero-order valence-electron chi connectivity index (χ0n) is 27.7. The fraction of sp³-hybridized carbons (Fsp3) is 0.257. The number of rotatable bonds is 10. The number of fused-ring (bicyclic) bond motifs is 1. The first kappa shape index (κ1) is 37.7. The van der Waals surface area contributed by atoms with Gasteiger partial charge in [-0.2, -0.15) is 26.3 Å². The molecule has 3 aromatic carbocycles. The molecule has 53 heavy (non-hydrogen) atoms. The van der Waals surface area contributed by atoms with Crippen molar-refractivity contribution < 1.29 is 49.0 Å². The van der Waals surface area contributed by atoms with E-state index in [2.05, 4.69) is 14.6 Å². The van der Waals surface area contributed by atoms with Crippen LogP contribution in [0.3, 0.4) is 0 Å². The molecule has 280 valence electrons. The molecule has 1 amide bonds. The van der Waals surface area contributed by atoms with Crippen LogP contribution in [0.25, 0.3) is 10.9 Å². The number of nitrogens with zero attached hydrogens (tertiary/aromatic N) is 4. The summed E-state index contributed by atoms with van der Waals surface area (Å²) in [4.78, 5) is 20.8. The number of carbonyl (C=O) groups excluding carboxylic acids is 1. The van der Waals surface area contributed by atoms with Gasteiger partial charge in [0.05, 0.1) is 28.0 Å². The third-order valence-electron chi connectivity index (χ3n) is 8.39. The smallest absolute Gasteiger partial charge is 0.422 e. The molecule has 1 aliphatic rings. The molecule has 1 N–H and O–H groups in total. The molecule has 3 heterocycles. The number of alkyl halides is 6. The molecule has 5 aromatic rings. The number of hydrogen-bond acceptors (Lipinski definition) is 7. The zero-order valence-corrected chi connectivity index (χ0v) is 29.3. The largest absolute Gasteiger partial charge is 0.484 e. The van der Waals surface area contributed by atoms with E-state index in [9.17, 15) is 39.6 Å². The number of aromatic nitrogens is 2. The van der Waals surface area contributed by atoms with Crippen LogP contribution < -0.4 is 14.2 Å². The van der Waals surface area contributed by atoms with Gasteiger partial charge >= 0.3 is 12.4 Å². The highest BCUT2D eigenvalue weighted by atomic mass is 35.5. The van der Waals surface area contributed by atoms with Crippen molar-refractivity contribution in [1.29, 1.82) is 0 Å². The number of carbonyl (C=O) groups is 1. The van der Waals surface area contributed by atoms with Crippen LogP contribution in [0.5, 0.6) is 17.4 Å². The molecule has 0 spiro atoms. The summed E-state index contributed by atoms with van der Waals surface area (Å²) in [5.74, 6) is 0.460. The Labute approximate surface area is 304 Å². The second kappa shape index (κ2) is 14.8. The third kappa shape index (κ3) is 9.15. The van der Waals surface area contributed by atoms with Crippen LogP contribution in [0.4, 0.5) is 32.0 Å². The van der Waals surface area contributed by atoms with Crippen LogP contribution in [0.1, 0.15) is 21.6 Å². The van der Waals surface area contributed by atoms with Gasteiger partial charge in [-0.15, -0.1) is 0 Å². The van der Waals surface area contributed by atoms with Crippen LogP contribution in [-0.2, 0) is 29.8 Å². The Kier molecular flexibility index (Phi) is 10.5. The van der Waals surface area contributed by atoms with Crippen molar-refractivity contribution in [3.8, 4) is 17.4 Å². The van der Waals surface area contributed by atoms with Crippen LogP contribution >= 0.6 is 11.6 Å². The molecule has 1 fully saturated rings. The Morgan fingerprint density at radius 2 is 1.58 bits per heavy atom. The highest BCUT2D eigenvalue weighted by molar-refractivity contribution is 7.92. The number of aryl methyl sites for hydroxylation is 1. The number of nitrogens with one attached hydrogen (secondary N) is 1. The van der Waals surface area contributed by atoms with Crippen LogP contribution in [0, 0.1) is 0 Å². The molecule has 0 radical (unpaired) electrons. The maximum absolute atomic E-state index is 13.5. The fourth-order valence-electron chi connectivity index (χ4n) is 5.68. The Morgan fingerprint density at radius 1 is 0.887 bits per heavy atom. The molecule has 0 atom stereocenters. The van der Waals surface area contributed by atoms with Gasteiger partial charge in [0.25, 0.3) is 15.9 Å². The lowest BCUT2D eigenvalue weighted by Gasteiger charge is -2.34. The molecular formula is C35H30ClF6N5O5S. The summed E-state index contributed by atoms with van der Waals surface area (Å²) < 4.78 is 117. The van der Waals surface area contributed by atoms with E-state index in [1.54, 1.807) is 52.9 Å². The molecule has 18 heteroatoms. The summed E-state index contributed by atoms with van der Waals surface area (Å²) in [5.41, 5.74) is 0.869. The van der Waals surface area contributed by atoms with E-state index < -0.39 is 39.4 Å². The van der Waals surface area contributed by atoms with Gasteiger partial charge in [0, 0.05) is 57.3 Å². The molecule has 2 aromatic heterocycles. The van der Waals surface area contributed by atoms with Gasteiger partial charge < -0.3 is 18.9 Å². The van der Waals surface area contributed by atoms with Gasteiger partial charge in [-0.3, -0.25) is 14.4 Å². The molecule has 0 unspecified atom stereocenters. The minimum Gasteiger partial charge on any atom is -0.484 e. The normalized spacial score (nSPS) is 14.4. The van der Waals surface area contributed by atoms with Gasteiger partial charge in [0.1, 0.15) is 22.1 Å². The van der Waals surface area contributed by atoms with Gasteiger partial charge in [-0.05, 0) is 60.2 Å². The quantitative estimate of drug-likeness (QED) is 0.145. The lowest BCUT2D eigenvalue weighted by molar-refractivity contribution is -0.153. The number of benzene rings is 3. The number of pyridine rings is 1. The summed E-state index contributed by atoms with van der Waals surface area (Å²) in [6.45, 7) is 1.38. The first-order valence-corrected chi connectivity index (χ1v) is 17.7. The molecule has 0 aliphatic carbocycles. The predicted octanol–water partition coefficient (Wildman–Crippen LogP) is 7.74. The summed E-state index contributed by atoms with van der Waals surface area (Å²) in [6, 6.07) is 18.1. The summed E-state index contributed by atoms with van der Waals surface area (Å²) in [6.07, 6.45) is -8.04. The van der Waals surface area contributed by atoms with Crippen LogP contribution in [0.2, 0.25) is 5.02 Å². The summed E-state index contributed by atoms with van der Waals surface area (Å²) in [7, 11) is -2.74. The Balaban J connectivity index is 1.05. The summed E-state index contributed by atoms with van der Waals surface area (Å²) in [5, 5.41) is 0.401. The average Bonchev–Trinajstić information content (AvgIpc) is 3.43. The topological polar surface area (TPSA) is 106 Å². The summed E-state index contributed by atoms with van der Waals surface area (Å²) >= 11 is 5.90. The number of ether oxygens (including phenoxy) is 2. The number of hydrogen-bond donors (Lipinski definition) is 1.